The lowest BCUT2D eigenvalue weighted by Gasteiger charge is -2.38. The van der Waals surface area contributed by atoms with Crippen LogP contribution in [0.15, 0.2) is 54.6 Å². The van der Waals surface area contributed by atoms with Crippen molar-refractivity contribution in [1.82, 2.24) is 0 Å². The lowest BCUT2D eigenvalue weighted by Crippen LogP contribution is -2.35. The Morgan fingerprint density at radius 1 is 0.786 bits per heavy atom. The number of aryl methyl sites for hydroxylation is 1. The molecule has 0 saturated carbocycles. The summed E-state index contributed by atoms with van der Waals surface area (Å²) < 4.78 is 5.98. The smallest absolute Gasteiger partial charge is 0.150 e. The van der Waals surface area contributed by atoms with Gasteiger partial charge in [0, 0.05) is 29.2 Å². The molecule has 0 radical (unpaired) electrons. The second kappa shape index (κ2) is 6.65. The lowest BCUT2D eigenvalue weighted by molar-refractivity contribution is 0.00775. The van der Waals surface area contributed by atoms with Crippen molar-refractivity contribution in [3.8, 4) is 28.7 Å². The summed E-state index contributed by atoms with van der Waals surface area (Å²) in [6.45, 7) is 1.74. The molecule has 0 amide bonds. The molecule has 0 fully saturated rings. The number of phenolic OH excluding ortho intramolecular Hbond substituents is 4. The molecule has 5 N–H and O–H groups in total. The summed E-state index contributed by atoms with van der Waals surface area (Å²) in [4.78, 5) is 0. The van der Waals surface area contributed by atoms with Crippen molar-refractivity contribution < 1.29 is 30.3 Å². The molecule has 6 heteroatoms. The maximum atomic E-state index is 11.2. The first-order chi connectivity index (χ1) is 13.3. The maximum Gasteiger partial charge on any atom is 0.150 e. The predicted octanol–water partition coefficient (Wildman–Crippen LogP) is 3.44. The fraction of sp³-hybridized carbons (Fsp3) is 0.182. The van der Waals surface area contributed by atoms with Crippen molar-refractivity contribution in [3.05, 3.63) is 76.9 Å². The van der Waals surface area contributed by atoms with Crippen LogP contribution in [-0.2, 0) is 0 Å². The minimum atomic E-state index is -1.06. The Bertz CT molecular complexity index is 1000. The van der Waals surface area contributed by atoms with E-state index in [0.29, 0.717) is 28.0 Å². The molecule has 6 nitrogen and oxygen atoms in total. The van der Waals surface area contributed by atoms with E-state index < -0.39 is 18.1 Å². The number of fused-ring (bicyclic) bond motifs is 1. The number of phenols is 4. The van der Waals surface area contributed by atoms with E-state index in [9.17, 15) is 25.5 Å². The highest BCUT2D eigenvalue weighted by Crippen LogP contribution is 2.49. The quantitative estimate of drug-likeness (QED) is 0.466. The summed E-state index contributed by atoms with van der Waals surface area (Å²) in [5, 5.41) is 50.9. The summed E-state index contributed by atoms with van der Waals surface area (Å²) in [5.41, 5.74) is 2.35. The van der Waals surface area contributed by atoms with Crippen molar-refractivity contribution in [2.75, 3.05) is 0 Å². The van der Waals surface area contributed by atoms with Crippen LogP contribution in [0.3, 0.4) is 0 Å². The third kappa shape index (κ3) is 2.97. The SMILES string of the molecule is Cc1cc(O)cc(O)c1[C@H]1c2ccc(O)cc2O[C@@H](c2ccc(O)cc2)[C@@H]1O. The van der Waals surface area contributed by atoms with Crippen molar-refractivity contribution in [3.63, 3.8) is 0 Å². The highest BCUT2D eigenvalue weighted by molar-refractivity contribution is 5.56. The minimum absolute atomic E-state index is 0.0185. The number of hydrogen-bond acceptors (Lipinski definition) is 6. The Hall–Kier alpha value is -3.38. The molecule has 28 heavy (non-hydrogen) atoms. The van der Waals surface area contributed by atoms with Crippen LogP contribution in [-0.4, -0.2) is 31.6 Å². The van der Waals surface area contributed by atoms with E-state index in [4.69, 9.17) is 4.74 Å². The molecule has 0 bridgehead atoms. The van der Waals surface area contributed by atoms with E-state index in [1.807, 2.05) is 0 Å². The Morgan fingerprint density at radius 3 is 2.14 bits per heavy atom. The zero-order valence-electron chi connectivity index (χ0n) is 15.1. The molecule has 144 valence electrons. The van der Waals surface area contributed by atoms with Crippen molar-refractivity contribution in [1.29, 1.82) is 0 Å². The zero-order valence-corrected chi connectivity index (χ0v) is 15.1. The van der Waals surface area contributed by atoms with Gasteiger partial charge >= 0.3 is 0 Å². The topological polar surface area (TPSA) is 110 Å². The van der Waals surface area contributed by atoms with Gasteiger partial charge in [-0.15, -0.1) is 0 Å². The normalized spacial score (nSPS) is 21.0. The summed E-state index contributed by atoms with van der Waals surface area (Å²) in [6, 6.07) is 13.7. The molecular weight excluding hydrogens is 360 g/mol. The van der Waals surface area contributed by atoms with Gasteiger partial charge in [0.05, 0.1) is 0 Å². The van der Waals surface area contributed by atoms with Crippen LogP contribution in [0.5, 0.6) is 28.7 Å². The van der Waals surface area contributed by atoms with Crippen LogP contribution in [0.4, 0.5) is 0 Å². The Kier molecular flexibility index (Phi) is 4.28. The van der Waals surface area contributed by atoms with Gasteiger partial charge in [0.2, 0.25) is 0 Å². The number of hydrogen-bond donors (Lipinski definition) is 5. The molecule has 3 atom stereocenters. The largest absolute Gasteiger partial charge is 0.508 e. The highest BCUT2D eigenvalue weighted by atomic mass is 16.5. The number of aliphatic hydroxyl groups is 1. The van der Waals surface area contributed by atoms with Crippen LogP contribution in [0.2, 0.25) is 0 Å². The predicted molar refractivity (Wildman–Crippen MR) is 102 cm³/mol. The molecule has 0 saturated heterocycles. The van der Waals surface area contributed by atoms with Gasteiger partial charge in [-0.25, -0.2) is 0 Å². The number of aromatic hydroxyl groups is 4. The summed E-state index contributed by atoms with van der Waals surface area (Å²) >= 11 is 0. The van der Waals surface area contributed by atoms with Gasteiger partial charge in [-0.2, -0.15) is 0 Å². The van der Waals surface area contributed by atoms with Crippen LogP contribution < -0.4 is 4.74 Å². The number of ether oxygens (including phenoxy) is 1. The fourth-order valence-corrected chi connectivity index (χ4v) is 3.87. The molecule has 1 aliphatic rings. The molecule has 4 rings (SSSR count). The summed E-state index contributed by atoms with van der Waals surface area (Å²) in [7, 11) is 0. The van der Waals surface area contributed by atoms with Gasteiger partial charge in [-0.3, -0.25) is 0 Å². The Labute approximate surface area is 161 Å². The van der Waals surface area contributed by atoms with Gasteiger partial charge in [-0.1, -0.05) is 18.2 Å². The molecule has 3 aromatic carbocycles. The molecule has 0 aromatic heterocycles. The monoisotopic (exact) mass is 380 g/mol. The number of benzene rings is 3. The van der Waals surface area contributed by atoms with Gasteiger partial charge < -0.3 is 30.3 Å². The van der Waals surface area contributed by atoms with Gasteiger partial charge in [0.15, 0.2) is 6.10 Å². The lowest BCUT2D eigenvalue weighted by atomic mass is 9.78. The molecule has 3 aromatic rings. The zero-order chi connectivity index (χ0) is 20.0. The Balaban J connectivity index is 1.90. The molecular formula is C22H20O6. The standard InChI is InChI=1S/C22H20O6/c1-11-8-15(25)9-17(26)19(11)20-16-7-6-14(24)10-18(16)28-22(21(20)27)12-2-4-13(23)5-3-12/h2-10,20-27H,1H3/t20-,21-,22+/m1/s1. The second-order valence-electron chi connectivity index (χ2n) is 7.02. The average Bonchev–Trinajstić information content (AvgIpc) is 2.63. The molecule has 1 aliphatic heterocycles. The summed E-state index contributed by atoms with van der Waals surface area (Å²) in [5.74, 6) is -0.349. The fourth-order valence-electron chi connectivity index (χ4n) is 3.87. The first-order valence-electron chi connectivity index (χ1n) is 8.84. The van der Waals surface area contributed by atoms with Gasteiger partial charge in [-0.05, 0) is 42.3 Å². The maximum absolute atomic E-state index is 11.2. The number of rotatable bonds is 2. The first-order valence-corrected chi connectivity index (χ1v) is 8.84. The highest BCUT2D eigenvalue weighted by Gasteiger charge is 2.41. The average molecular weight is 380 g/mol. The van der Waals surface area contributed by atoms with Gasteiger partial charge in [0.1, 0.15) is 34.9 Å². The van der Waals surface area contributed by atoms with E-state index in [0.717, 1.165) is 0 Å². The minimum Gasteiger partial charge on any atom is -0.508 e. The van der Waals surface area contributed by atoms with E-state index in [1.165, 1.54) is 36.4 Å². The summed E-state index contributed by atoms with van der Waals surface area (Å²) in [6.07, 6.45) is -1.84. The Morgan fingerprint density at radius 2 is 1.46 bits per heavy atom. The number of aliphatic hydroxyl groups excluding tert-OH is 1. The van der Waals surface area contributed by atoms with Crippen LogP contribution in [0.1, 0.15) is 34.3 Å². The molecule has 0 unspecified atom stereocenters. The van der Waals surface area contributed by atoms with E-state index in [-0.39, 0.29) is 23.0 Å². The second-order valence-corrected chi connectivity index (χ2v) is 7.02. The third-order valence-corrected chi connectivity index (χ3v) is 5.12. The van der Waals surface area contributed by atoms with Crippen molar-refractivity contribution in [2.24, 2.45) is 0 Å². The van der Waals surface area contributed by atoms with Crippen LogP contribution >= 0.6 is 0 Å². The van der Waals surface area contributed by atoms with Crippen LogP contribution in [0, 0.1) is 6.92 Å². The van der Waals surface area contributed by atoms with E-state index in [1.54, 1.807) is 25.1 Å². The van der Waals surface area contributed by atoms with Crippen LogP contribution in [0.25, 0.3) is 0 Å². The first kappa shape index (κ1) is 18.0. The van der Waals surface area contributed by atoms with Crippen molar-refractivity contribution >= 4 is 0 Å². The van der Waals surface area contributed by atoms with Crippen molar-refractivity contribution in [2.45, 2.75) is 25.0 Å². The molecule has 1 heterocycles. The van der Waals surface area contributed by atoms with E-state index in [2.05, 4.69) is 0 Å². The van der Waals surface area contributed by atoms with Gasteiger partial charge in [0.25, 0.3) is 0 Å². The molecule has 0 aliphatic carbocycles. The third-order valence-electron chi connectivity index (χ3n) is 5.12. The van der Waals surface area contributed by atoms with E-state index >= 15 is 0 Å². The molecule has 0 spiro atoms.